The number of carbonyl (C=O) groups excluding carboxylic acids is 1. The van der Waals surface area contributed by atoms with E-state index in [1.54, 1.807) is 18.3 Å². The van der Waals surface area contributed by atoms with Crippen LogP contribution in [0.3, 0.4) is 0 Å². The van der Waals surface area contributed by atoms with Crippen LogP contribution < -0.4 is 10.6 Å². The molecule has 32 heavy (non-hydrogen) atoms. The first-order chi connectivity index (χ1) is 15.6. The molecule has 8 nitrogen and oxygen atoms in total. The number of amides is 1. The second-order valence-electron chi connectivity index (χ2n) is 8.60. The highest BCUT2D eigenvalue weighted by Crippen LogP contribution is 2.34. The van der Waals surface area contributed by atoms with E-state index < -0.39 is 17.9 Å². The Labute approximate surface area is 187 Å². The maximum atomic E-state index is 12.2. The van der Waals surface area contributed by atoms with Gasteiger partial charge in [0, 0.05) is 37.7 Å². The van der Waals surface area contributed by atoms with Crippen molar-refractivity contribution in [2.75, 3.05) is 18.5 Å². The Morgan fingerprint density at radius 2 is 2.16 bits per heavy atom. The van der Waals surface area contributed by atoms with E-state index in [1.165, 1.54) is 18.2 Å². The van der Waals surface area contributed by atoms with Gasteiger partial charge in [-0.25, -0.2) is 9.78 Å². The zero-order valence-corrected chi connectivity index (χ0v) is 18.1. The molecule has 4 rings (SSSR count). The number of carboxylic acid groups (broad SMARTS) is 1. The van der Waals surface area contributed by atoms with Gasteiger partial charge in [0.1, 0.15) is 11.9 Å². The quantitative estimate of drug-likeness (QED) is 0.523. The number of nitrogens with one attached hydrogen (secondary N) is 2. The molecular formula is C24H30N4O4. The van der Waals surface area contributed by atoms with E-state index in [9.17, 15) is 14.7 Å². The Kier molecular flexibility index (Phi) is 7.32. The van der Waals surface area contributed by atoms with Gasteiger partial charge in [0.2, 0.25) is 0 Å². The molecule has 2 aliphatic rings. The number of rotatable bonds is 10. The normalized spacial score (nSPS) is 20.4. The summed E-state index contributed by atoms with van der Waals surface area (Å²) in [6, 6.07) is 6.59. The van der Waals surface area contributed by atoms with Crippen LogP contribution in [0.5, 0.6) is 0 Å². The maximum absolute atomic E-state index is 12.2. The molecule has 0 aromatic carbocycles. The van der Waals surface area contributed by atoms with Gasteiger partial charge in [-0.1, -0.05) is 6.07 Å². The van der Waals surface area contributed by atoms with E-state index in [4.69, 9.17) is 9.72 Å². The van der Waals surface area contributed by atoms with Crippen LogP contribution in [0, 0.1) is 5.92 Å². The Balaban J connectivity index is 1.14. The molecule has 0 saturated heterocycles. The lowest BCUT2D eigenvalue weighted by atomic mass is 9.79. The summed E-state index contributed by atoms with van der Waals surface area (Å²) in [7, 11) is 0. The van der Waals surface area contributed by atoms with Gasteiger partial charge in [0.05, 0.1) is 11.7 Å². The Morgan fingerprint density at radius 3 is 2.94 bits per heavy atom. The molecule has 0 spiro atoms. The van der Waals surface area contributed by atoms with Gasteiger partial charge in [0.15, 0.2) is 0 Å². The fraction of sp³-hybridized carbons (Fsp3) is 0.500. The molecule has 3 N–H and O–H groups in total. The number of hydrogen-bond acceptors (Lipinski definition) is 6. The molecule has 1 fully saturated rings. The van der Waals surface area contributed by atoms with E-state index in [2.05, 4.69) is 27.8 Å². The largest absolute Gasteiger partial charge is 0.480 e. The van der Waals surface area contributed by atoms with Crippen LogP contribution in [-0.4, -0.2) is 52.2 Å². The Bertz CT molecular complexity index is 931. The predicted molar refractivity (Wildman–Crippen MR) is 120 cm³/mol. The van der Waals surface area contributed by atoms with Gasteiger partial charge >= 0.3 is 5.97 Å². The van der Waals surface area contributed by atoms with Gasteiger partial charge < -0.3 is 20.5 Å². The first kappa shape index (κ1) is 22.2. The van der Waals surface area contributed by atoms with Crippen molar-refractivity contribution in [2.24, 2.45) is 5.92 Å². The number of aromatic nitrogens is 2. The number of pyridine rings is 2. The number of anilines is 1. The molecule has 1 aliphatic carbocycles. The molecule has 1 saturated carbocycles. The third kappa shape index (κ3) is 5.82. The molecule has 3 heterocycles. The summed E-state index contributed by atoms with van der Waals surface area (Å²) in [5.41, 5.74) is 2.79. The third-order valence-corrected chi connectivity index (χ3v) is 6.24. The average Bonchev–Trinajstić information content (AvgIpc) is 2.79. The molecule has 0 bridgehead atoms. The lowest BCUT2D eigenvalue weighted by molar-refractivity contribution is -0.140. The SMILES string of the molecule is O=C(NC(CCO[C@H]1C[C@@H](CCc2ccc3c(n2)NCCC3)C1)C(=O)O)c1cccnc1. The molecule has 8 heteroatoms. The fourth-order valence-electron chi connectivity index (χ4n) is 4.25. The first-order valence-corrected chi connectivity index (χ1v) is 11.4. The van der Waals surface area contributed by atoms with E-state index >= 15 is 0 Å². The van der Waals surface area contributed by atoms with Gasteiger partial charge in [0.25, 0.3) is 5.91 Å². The summed E-state index contributed by atoms with van der Waals surface area (Å²) in [4.78, 5) is 32.3. The van der Waals surface area contributed by atoms with Crippen LogP contribution in [0.15, 0.2) is 36.7 Å². The van der Waals surface area contributed by atoms with Crippen molar-refractivity contribution in [1.29, 1.82) is 0 Å². The number of fused-ring (bicyclic) bond motifs is 1. The molecule has 2 aromatic rings. The van der Waals surface area contributed by atoms with Gasteiger partial charge in [-0.3, -0.25) is 9.78 Å². The molecule has 2 aromatic heterocycles. The summed E-state index contributed by atoms with van der Waals surface area (Å²) in [5, 5.41) is 15.3. The minimum atomic E-state index is -1.07. The van der Waals surface area contributed by atoms with Crippen LogP contribution in [-0.2, 0) is 22.4 Å². The molecule has 1 amide bonds. The lowest BCUT2D eigenvalue weighted by Crippen LogP contribution is -2.42. The van der Waals surface area contributed by atoms with Crippen molar-refractivity contribution in [3.05, 3.63) is 53.5 Å². The third-order valence-electron chi connectivity index (χ3n) is 6.24. The van der Waals surface area contributed by atoms with E-state index in [-0.39, 0.29) is 12.5 Å². The Morgan fingerprint density at radius 1 is 1.28 bits per heavy atom. The highest BCUT2D eigenvalue weighted by atomic mass is 16.5. The molecule has 0 radical (unpaired) electrons. The van der Waals surface area contributed by atoms with Gasteiger partial charge in [-0.15, -0.1) is 0 Å². The molecule has 1 atom stereocenters. The van der Waals surface area contributed by atoms with Crippen LogP contribution >= 0.6 is 0 Å². The number of aliphatic carboxylic acids is 1. The van der Waals surface area contributed by atoms with Crippen LogP contribution in [0.2, 0.25) is 0 Å². The number of carboxylic acids is 1. The van der Waals surface area contributed by atoms with Crippen molar-refractivity contribution in [3.63, 3.8) is 0 Å². The monoisotopic (exact) mass is 438 g/mol. The van der Waals surface area contributed by atoms with Crippen LogP contribution in [0.1, 0.15) is 53.7 Å². The highest BCUT2D eigenvalue weighted by Gasteiger charge is 2.30. The van der Waals surface area contributed by atoms with Crippen molar-refractivity contribution in [3.8, 4) is 0 Å². The summed E-state index contributed by atoms with van der Waals surface area (Å²) < 4.78 is 5.85. The molecule has 1 unspecified atom stereocenters. The number of hydrogen-bond donors (Lipinski definition) is 3. The van der Waals surface area contributed by atoms with Crippen LogP contribution in [0.4, 0.5) is 5.82 Å². The van der Waals surface area contributed by atoms with Gasteiger partial charge in [-0.05, 0) is 68.2 Å². The minimum absolute atomic E-state index is 0.168. The van der Waals surface area contributed by atoms with E-state index in [0.29, 0.717) is 18.1 Å². The first-order valence-electron chi connectivity index (χ1n) is 11.4. The number of nitrogens with zero attached hydrogens (tertiary/aromatic N) is 2. The zero-order valence-electron chi connectivity index (χ0n) is 18.1. The van der Waals surface area contributed by atoms with E-state index in [1.807, 2.05) is 0 Å². The standard InChI is InChI=1S/C24H30N4O4/c29-23(18-4-1-10-25-15-18)28-21(24(30)31)9-12-32-20-13-16(14-20)5-7-19-8-6-17-3-2-11-26-22(17)27-19/h1,4,6,8,10,15-16,20-21H,2-3,5,7,9,11-14H2,(H,26,27)(H,28,29)(H,30,31)/t16-,20+,21?. The molecule has 1 aliphatic heterocycles. The van der Waals surface area contributed by atoms with Crippen molar-refractivity contribution < 1.29 is 19.4 Å². The highest BCUT2D eigenvalue weighted by molar-refractivity contribution is 5.96. The lowest BCUT2D eigenvalue weighted by Gasteiger charge is -2.35. The molecular weight excluding hydrogens is 408 g/mol. The minimum Gasteiger partial charge on any atom is -0.480 e. The maximum Gasteiger partial charge on any atom is 0.326 e. The summed E-state index contributed by atoms with van der Waals surface area (Å²) in [6.07, 6.45) is 9.68. The summed E-state index contributed by atoms with van der Waals surface area (Å²) in [6.45, 7) is 1.31. The van der Waals surface area contributed by atoms with Crippen molar-refractivity contribution in [2.45, 2.75) is 57.1 Å². The number of carbonyl (C=O) groups is 2. The zero-order chi connectivity index (χ0) is 22.3. The van der Waals surface area contributed by atoms with Crippen molar-refractivity contribution >= 4 is 17.7 Å². The summed E-state index contributed by atoms with van der Waals surface area (Å²) >= 11 is 0. The topological polar surface area (TPSA) is 113 Å². The van der Waals surface area contributed by atoms with E-state index in [0.717, 1.165) is 50.2 Å². The second-order valence-corrected chi connectivity index (χ2v) is 8.60. The second kappa shape index (κ2) is 10.5. The van der Waals surface area contributed by atoms with Crippen molar-refractivity contribution in [1.82, 2.24) is 15.3 Å². The predicted octanol–water partition coefficient (Wildman–Crippen LogP) is 2.84. The number of ether oxygens (including phenoxy) is 1. The number of aryl methyl sites for hydroxylation is 2. The smallest absolute Gasteiger partial charge is 0.326 e. The van der Waals surface area contributed by atoms with Gasteiger partial charge in [-0.2, -0.15) is 0 Å². The molecule has 170 valence electrons. The Hall–Kier alpha value is -3.00. The fourth-order valence-corrected chi connectivity index (χ4v) is 4.25. The van der Waals surface area contributed by atoms with Crippen LogP contribution in [0.25, 0.3) is 0 Å². The average molecular weight is 439 g/mol. The summed E-state index contributed by atoms with van der Waals surface area (Å²) in [5.74, 6) is 0.156.